The highest BCUT2D eigenvalue weighted by atomic mass is 16.5. The second-order valence-corrected chi connectivity index (χ2v) is 4.94. The minimum Gasteiger partial charge on any atom is -0.449 e. The highest BCUT2D eigenvalue weighted by Gasteiger charge is 2.20. The van der Waals surface area contributed by atoms with Gasteiger partial charge in [-0.1, -0.05) is 39.3 Å². The van der Waals surface area contributed by atoms with E-state index in [1.165, 1.54) is 0 Å². The van der Waals surface area contributed by atoms with Gasteiger partial charge in [0, 0.05) is 11.5 Å². The Labute approximate surface area is 102 Å². The molecular formula is C12H20N2O3. The Bertz CT molecular complexity index is 366. The summed E-state index contributed by atoms with van der Waals surface area (Å²) >= 11 is 0. The van der Waals surface area contributed by atoms with Gasteiger partial charge in [0.15, 0.2) is 5.82 Å². The SMILES string of the molecule is CCCCOC(=O)Nc1cc(C(C)(C)C)on1. The lowest BCUT2D eigenvalue weighted by Crippen LogP contribution is -2.14. The molecule has 0 radical (unpaired) electrons. The summed E-state index contributed by atoms with van der Waals surface area (Å²) in [5.74, 6) is 1.11. The number of amides is 1. The fraction of sp³-hybridized carbons (Fsp3) is 0.667. The van der Waals surface area contributed by atoms with Gasteiger partial charge in [-0.05, 0) is 6.42 Å². The molecule has 1 heterocycles. The van der Waals surface area contributed by atoms with Crippen molar-refractivity contribution in [3.05, 3.63) is 11.8 Å². The van der Waals surface area contributed by atoms with E-state index >= 15 is 0 Å². The number of anilines is 1. The third-order valence-corrected chi connectivity index (χ3v) is 2.21. The third kappa shape index (κ3) is 4.46. The van der Waals surface area contributed by atoms with Crippen LogP contribution in [-0.2, 0) is 10.2 Å². The van der Waals surface area contributed by atoms with Crippen LogP contribution < -0.4 is 5.32 Å². The second kappa shape index (κ2) is 5.70. The smallest absolute Gasteiger partial charge is 0.412 e. The first-order valence-corrected chi connectivity index (χ1v) is 5.84. The maximum absolute atomic E-state index is 11.3. The van der Waals surface area contributed by atoms with Crippen LogP contribution in [0.1, 0.15) is 46.3 Å². The highest BCUT2D eigenvalue weighted by molar-refractivity contribution is 5.83. The largest absolute Gasteiger partial charge is 0.449 e. The number of hydrogen-bond acceptors (Lipinski definition) is 4. The number of rotatable bonds is 4. The molecule has 0 aromatic carbocycles. The van der Waals surface area contributed by atoms with Crippen molar-refractivity contribution in [1.29, 1.82) is 0 Å². The molecule has 0 fully saturated rings. The Kier molecular flexibility index (Phi) is 4.54. The standard InChI is InChI=1S/C12H20N2O3/c1-5-6-7-16-11(15)13-10-8-9(17-14-10)12(2,3)4/h8H,5-7H2,1-4H3,(H,13,14,15). The predicted octanol–water partition coefficient (Wildman–Crippen LogP) is 3.32. The molecule has 0 saturated carbocycles. The molecule has 0 aliphatic heterocycles. The second-order valence-electron chi connectivity index (χ2n) is 4.94. The van der Waals surface area contributed by atoms with E-state index in [1.807, 2.05) is 27.7 Å². The third-order valence-electron chi connectivity index (χ3n) is 2.21. The molecule has 1 amide bonds. The minimum absolute atomic E-state index is 0.126. The van der Waals surface area contributed by atoms with Crippen molar-refractivity contribution in [2.75, 3.05) is 11.9 Å². The molecule has 0 spiro atoms. The zero-order valence-corrected chi connectivity index (χ0v) is 10.9. The molecule has 5 heteroatoms. The Morgan fingerprint density at radius 2 is 2.24 bits per heavy atom. The number of nitrogens with zero attached hydrogens (tertiary/aromatic N) is 1. The van der Waals surface area contributed by atoms with Crippen LogP contribution in [0.25, 0.3) is 0 Å². The van der Waals surface area contributed by atoms with E-state index in [0.29, 0.717) is 12.4 Å². The first kappa shape index (κ1) is 13.5. The summed E-state index contributed by atoms with van der Waals surface area (Å²) in [5, 5.41) is 6.29. The average molecular weight is 240 g/mol. The number of hydrogen-bond donors (Lipinski definition) is 1. The zero-order chi connectivity index (χ0) is 12.9. The van der Waals surface area contributed by atoms with E-state index < -0.39 is 6.09 Å². The molecule has 1 aromatic heterocycles. The van der Waals surface area contributed by atoms with Crippen LogP contribution in [0.5, 0.6) is 0 Å². The fourth-order valence-electron chi connectivity index (χ4n) is 1.14. The van der Waals surface area contributed by atoms with Gasteiger partial charge in [0.1, 0.15) is 5.76 Å². The lowest BCUT2D eigenvalue weighted by atomic mass is 9.93. The maximum Gasteiger partial charge on any atom is 0.412 e. The monoisotopic (exact) mass is 240 g/mol. The summed E-state index contributed by atoms with van der Waals surface area (Å²) in [6.45, 7) is 8.49. The lowest BCUT2D eigenvalue weighted by Gasteiger charge is -2.12. The van der Waals surface area contributed by atoms with Crippen molar-refractivity contribution in [1.82, 2.24) is 5.16 Å². The topological polar surface area (TPSA) is 64.4 Å². The summed E-state index contributed by atoms with van der Waals surface area (Å²) in [6, 6.07) is 1.71. The Balaban J connectivity index is 2.46. The molecule has 1 rings (SSSR count). The molecule has 0 aliphatic carbocycles. The van der Waals surface area contributed by atoms with Crippen LogP contribution in [-0.4, -0.2) is 17.9 Å². The maximum atomic E-state index is 11.3. The van der Waals surface area contributed by atoms with Crippen LogP contribution in [0.4, 0.5) is 10.6 Å². The molecule has 5 nitrogen and oxygen atoms in total. The summed E-state index contributed by atoms with van der Waals surface area (Å²) in [4.78, 5) is 11.3. The van der Waals surface area contributed by atoms with Gasteiger partial charge in [0.2, 0.25) is 0 Å². The Hall–Kier alpha value is -1.52. The molecule has 0 aliphatic rings. The van der Waals surface area contributed by atoms with Crippen molar-refractivity contribution >= 4 is 11.9 Å². The van der Waals surface area contributed by atoms with E-state index in [2.05, 4.69) is 10.5 Å². The van der Waals surface area contributed by atoms with Gasteiger partial charge in [-0.15, -0.1) is 0 Å². The van der Waals surface area contributed by atoms with Crippen molar-refractivity contribution in [2.24, 2.45) is 0 Å². The summed E-state index contributed by atoms with van der Waals surface area (Å²) in [7, 11) is 0. The number of nitrogens with one attached hydrogen (secondary N) is 1. The van der Waals surface area contributed by atoms with E-state index in [0.717, 1.165) is 18.6 Å². The Morgan fingerprint density at radius 1 is 1.53 bits per heavy atom. The van der Waals surface area contributed by atoms with Gasteiger partial charge in [-0.2, -0.15) is 0 Å². The molecule has 17 heavy (non-hydrogen) atoms. The fourth-order valence-corrected chi connectivity index (χ4v) is 1.14. The van der Waals surface area contributed by atoms with Gasteiger partial charge < -0.3 is 9.26 Å². The first-order valence-electron chi connectivity index (χ1n) is 5.84. The molecule has 0 saturated heterocycles. The van der Waals surface area contributed by atoms with Crippen LogP contribution in [0, 0.1) is 0 Å². The van der Waals surface area contributed by atoms with Gasteiger partial charge in [-0.3, -0.25) is 5.32 Å². The molecule has 96 valence electrons. The Morgan fingerprint density at radius 3 is 2.76 bits per heavy atom. The first-order chi connectivity index (χ1) is 7.93. The molecular weight excluding hydrogens is 220 g/mol. The van der Waals surface area contributed by atoms with Crippen molar-refractivity contribution < 1.29 is 14.1 Å². The van der Waals surface area contributed by atoms with Gasteiger partial charge >= 0.3 is 6.09 Å². The van der Waals surface area contributed by atoms with E-state index in [4.69, 9.17) is 9.26 Å². The van der Waals surface area contributed by atoms with Crippen LogP contribution >= 0.6 is 0 Å². The highest BCUT2D eigenvalue weighted by Crippen LogP contribution is 2.24. The van der Waals surface area contributed by atoms with Crippen LogP contribution in [0.15, 0.2) is 10.6 Å². The van der Waals surface area contributed by atoms with Crippen LogP contribution in [0.3, 0.4) is 0 Å². The molecule has 1 aromatic rings. The van der Waals surface area contributed by atoms with E-state index in [-0.39, 0.29) is 5.41 Å². The quantitative estimate of drug-likeness (QED) is 0.820. The zero-order valence-electron chi connectivity index (χ0n) is 10.9. The average Bonchev–Trinajstić information content (AvgIpc) is 2.66. The summed E-state index contributed by atoms with van der Waals surface area (Å²) in [5.41, 5.74) is -0.126. The van der Waals surface area contributed by atoms with E-state index in [1.54, 1.807) is 6.07 Å². The van der Waals surface area contributed by atoms with Crippen molar-refractivity contribution in [3.8, 4) is 0 Å². The molecule has 1 N–H and O–H groups in total. The molecule has 0 atom stereocenters. The minimum atomic E-state index is -0.493. The van der Waals surface area contributed by atoms with Gasteiger partial charge in [0.25, 0.3) is 0 Å². The predicted molar refractivity (Wildman–Crippen MR) is 65.1 cm³/mol. The summed E-state index contributed by atoms with van der Waals surface area (Å²) < 4.78 is 10.1. The number of carbonyl (C=O) groups is 1. The van der Waals surface area contributed by atoms with E-state index in [9.17, 15) is 4.79 Å². The van der Waals surface area contributed by atoms with Gasteiger partial charge in [0.05, 0.1) is 6.61 Å². The summed E-state index contributed by atoms with van der Waals surface area (Å²) in [6.07, 6.45) is 1.36. The number of aromatic nitrogens is 1. The lowest BCUT2D eigenvalue weighted by molar-refractivity contribution is 0.159. The number of unbranched alkanes of at least 4 members (excludes halogenated alkanes) is 1. The van der Waals surface area contributed by atoms with Crippen molar-refractivity contribution in [2.45, 2.75) is 46.0 Å². The molecule has 0 unspecified atom stereocenters. The van der Waals surface area contributed by atoms with Crippen LogP contribution in [0.2, 0.25) is 0 Å². The normalized spacial score (nSPS) is 11.3. The molecule has 0 bridgehead atoms. The van der Waals surface area contributed by atoms with Gasteiger partial charge in [-0.25, -0.2) is 4.79 Å². The van der Waals surface area contributed by atoms with Crippen molar-refractivity contribution in [3.63, 3.8) is 0 Å². The number of ether oxygens (including phenoxy) is 1. The number of carbonyl (C=O) groups excluding carboxylic acids is 1.